The molecule has 0 aliphatic rings. The molecule has 0 spiro atoms. The first-order valence-corrected chi connectivity index (χ1v) is 8.48. The Balaban J connectivity index is 1.71. The first kappa shape index (κ1) is 16.8. The Labute approximate surface area is 149 Å². The predicted octanol–water partition coefficient (Wildman–Crippen LogP) is 4.86. The van der Waals surface area contributed by atoms with E-state index >= 15 is 0 Å². The summed E-state index contributed by atoms with van der Waals surface area (Å²) < 4.78 is 0. The van der Waals surface area contributed by atoms with Crippen molar-refractivity contribution in [3.63, 3.8) is 0 Å². The van der Waals surface area contributed by atoms with Crippen LogP contribution in [0.1, 0.15) is 18.1 Å². The largest absolute Gasteiger partial charge is 0.269 e. The summed E-state index contributed by atoms with van der Waals surface area (Å²) in [6.45, 7) is 3.89. The molecule has 25 heavy (non-hydrogen) atoms. The van der Waals surface area contributed by atoms with Gasteiger partial charge in [0.1, 0.15) is 0 Å². The van der Waals surface area contributed by atoms with E-state index in [0.717, 1.165) is 22.5 Å². The molecule has 0 bridgehead atoms. The minimum Gasteiger partial charge on any atom is -0.258 e. The van der Waals surface area contributed by atoms with Gasteiger partial charge >= 0.3 is 0 Å². The van der Waals surface area contributed by atoms with Crippen LogP contribution in [0.3, 0.4) is 0 Å². The van der Waals surface area contributed by atoms with Crippen LogP contribution in [0.2, 0.25) is 0 Å². The summed E-state index contributed by atoms with van der Waals surface area (Å²) in [5.74, 6) is 0. The molecule has 0 amide bonds. The number of anilines is 1. The Kier molecular flexibility index (Phi) is 4.85. The van der Waals surface area contributed by atoms with Crippen LogP contribution in [0.15, 0.2) is 59.0 Å². The smallest absolute Gasteiger partial charge is 0.258 e. The van der Waals surface area contributed by atoms with Crippen LogP contribution >= 0.6 is 11.3 Å². The molecule has 126 valence electrons. The molecule has 3 rings (SSSR count). The van der Waals surface area contributed by atoms with Crippen LogP contribution in [-0.2, 0) is 0 Å². The van der Waals surface area contributed by atoms with Crippen molar-refractivity contribution in [3.8, 4) is 11.3 Å². The summed E-state index contributed by atoms with van der Waals surface area (Å²) in [5, 5.41) is 17.7. The van der Waals surface area contributed by atoms with Crippen molar-refractivity contribution in [3.05, 3.63) is 75.2 Å². The maximum Gasteiger partial charge on any atom is 0.269 e. The van der Waals surface area contributed by atoms with Gasteiger partial charge in [0.25, 0.3) is 5.69 Å². The third kappa shape index (κ3) is 4.07. The molecule has 0 saturated heterocycles. The van der Waals surface area contributed by atoms with Gasteiger partial charge in [0.05, 0.1) is 16.3 Å². The molecule has 2 aromatic carbocycles. The van der Waals surface area contributed by atoms with Crippen molar-refractivity contribution >= 4 is 27.9 Å². The maximum atomic E-state index is 10.7. The van der Waals surface area contributed by atoms with Crippen LogP contribution in [0.25, 0.3) is 11.3 Å². The third-order valence-corrected chi connectivity index (χ3v) is 4.41. The number of hydrogen-bond acceptors (Lipinski definition) is 6. The van der Waals surface area contributed by atoms with E-state index in [1.54, 1.807) is 12.1 Å². The predicted molar refractivity (Wildman–Crippen MR) is 101 cm³/mol. The van der Waals surface area contributed by atoms with E-state index in [0.29, 0.717) is 5.13 Å². The number of thiazole rings is 1. The number of nitrogens with zero attached hydrogens (tertiary/aromatic N) is 3. The average Bonchev–Trinajstić information content (AvgIpc) is 3.09. The first-order chi connectivity index (χ1) is 12.0. The zero-order chi connectivity index (χ0) is 17.8. The lowest BCUT2D eigenvalue weighted by molar-refractivity contribution is -0.384. The number of rotatable bonds is 5. The molecule has 0 atom stereocenters. The molecule has 1 aromatic heterocycles. The first-order valence-electron chi connectivity index (χ1n) is 7.60. The summed E-state index contributed by atoms with van der Waals surface area (Å²) >= 11 is 1.47. The lowest BCUT2D eigenvalue weighted by atomic mass is 10.1. The number of hydrazone groups is 1. The highest BCUT2D eigenvalue weighted by molar-refractivity contribution is 7.14. The van der Waals surface area contributed by atoms with Gasteiger partial charge in [-0.2, -0.15) is 5.10 Å². The molecule has 1 N–H and O–H groups in total. The van der Waals surface area contributed by atoms with Crippen LogP contribution < -0.4 is 5.43 Å². The van der Waals surface area contributed by atoms with Gasteiger partial charge in [-0.25, -0.2) is 4.98 Å². The molecule has 0 aliphatic carbocycles. The summed E-state index contributed by atoms with van der Waals surface area (Å²) in [6, 6.07) is 14.5. The molecule has 0 saturated carbocycles. The van der Waals surface area contributed by atoms with Crippen molar-refractivity contribution in [2.24, 2.45) is 5.10 Å². The van der Waals surface area contributed by atoms with E-state index in [1.807, 2.05) is 31.4 Å². The second-order valence-electron chi connectivity index (χ2n) is 5.52. The second kappa shape index (κ2) is 7.23. The van der Waals surface area contributed by atoms with E-state index in [-0.39, 0.29) is 5.69 Å². The molecule has 1 heterocycles. The number of benzene rings is 2. The molecular weight excluding hydrogens is 336 g/mol. The quantitative estimate of drug-likeness (QED) is 0.404. The summed E-state index contributed by atoms with van der Waals surface area (Å²) in [5.41, 5.74) is 7.71. The Morgan fingerprint density at radius 3 is 2.48 bits per heavy atom. The van der Waals surface area contributed by atoms with Gasteiger partial charge in [-0.05, 0) is 31.5 Å². The summed E-state index contributed by atoms with van der Waals surface area (Å²) in [4.78, 5) is 14.8. The second-order valence-corrected chi connectivity index (χ2v) is 6.38. The third-order valence-electron chi connectivity index (χ3n) is 3.67. The SMILES string of the molecule is CC(=NNc1nc(-c2ccc(C)cc2)cs1)c1ccc([N+](=O)[O-])cc1. The highest BCUT2D eigenvalue weighted by Crippen LogP contribution is 2.25. The van der Waals surface area contributed by atoms with Crippen LogP contribution in [0.4, 0.5) is 10.8 Å². The van der Waals surface area contributed by atoms with Crippen LogP contribution in [-0.4, -0.2) is 15.6 Å². The monoisotopic (exact) mass is 352 g/mol. The van der Waals surface area contributed by atoms with Gasteiger partial charge in [0.15, 0.2) is 0 Å². The van der Waals surface area contributed by atoms with E-state index in [1.165, 1.54) is 29.0 Å². The number of hydrogen-bond donors (Lipinski definition) is 1. The number of nitro benzene ring substituents is 1. The topological polar surface area (TPSA) is 80.4 Å². The molecule has 0 unspecified atom stereocenters. The minimum absolute atomic E-state index is 0.0622. The van der Waals surface area contributed by atoms with Gasteiger partial charge < -0.3 is 0 Å². The van der Waals surface area contributed by atoms with Gasteiger partial charge in [0.2, 0.25) is 5.13 Å². The zero-order valence-corrected chi connectivity index (χ0v) is 14.6. The zero-order valence-electron chi connectivity index (χ0n) is 13.8. The summed E-state index contributed by atoms with van der Waals surface area (Å²) in [7, 11) is 0. The average molecular weight is 352 g/mol. The number of aryl methyl sites for hydroxylation is 1. The molecule has 0 fully saturated rings. The maximum absolute atomic E-state index is 10.7. The molecule has 7 heteroatoms. The van der Waals surface area contributed by atoms with E-state index in [4.69, 9.17) is 0 Å². The molecular formula is C18H16N4O2S. The van der Waals surface area contributed by atoms with Gasteiger partial charge in [-0.1, -0.05) is 29.8 Å². The highest BCUT2D eigenvalue weighted by atomic mass is 32.1. The Bertz CT molecular complexity index is 915. The lowest BCUT2D eigenvalue weighted by Gasteiger charge is -2.01. The molecule has 6 nitrogen and oxygen atoms in total. The fourth-order valence-corrected chi connectivity index (χ4v) is 2.86. The Morgan fingerprint density at radius 2 is 1.84 bits per heavy atom. The summed E-state index contributed by atoms with van der Waals surface area (Å²) in [6.07, 6.45) is 0. The number of nitro groups is 1. The Morgan fingerprint density at radius 1 is 1.16 bits per heavy atom. The van der Waals surface area contributed by atoms with Crippen molar-refractivity contribution in [1.82, 2.24) is 4.98 Å². The minimum atomic E-state index is -0.420. The molecule has 0 aliphatic heterocycles. The van der Waals surface area contributed by atoms with Crippen molar-refractivity contribution in [2.75, 3.05) is 5.43 Å². The lowest BCUT2D eigenvalue weighted by Crippen LogP contribution is -2.00. The molecule has 3 aromatic rings. The van der Waals surface area contributed by atoms with Crippen LogP contribution in [0, 0.1) is 17.0 Å². The van der Waals surface area contributed by atoms with Gasteiger partial charge in [-0.3, -0.25) is 15.5 Å². The number of aromatic nitrogens is 1. The van der Waals surface area contributed by atoms with E-state index in [2.05, 4.69) is 27.6 Å². The molecule has 0 radical (unpaired) electrons. The van der Waals surface area contributed by atoms with Gasteiger partial charge in [-0.15, -0.1) is 11.3 Å². The standard InChI is InChI=1S/C18H16N4O2S/c1-12-3-5-15(6-4-12)17-11-25-18(19-17)21-20-13(2)14-7-9-16(10-8-14)22(23)24/h3-11H,1-2H3,(H,19,21). The highest BCUT2D eigenvalue weighted by Gasteiger charge is 2.06. The van der Waals surface area contributed by atoms with Crippen LogP contribution in [0.5, 0.6) is 0 Å². The van der Waals surface area contributed by atoms with Crippen molar-refractivity contribution in [1.29, 1.82) is 0 Å². The fourth-order valence-electron chi connectivity index (χ4n) is 2.20. The Hall–Kier alpha value is -3.06. The number of non-ortho nitro benzene ring substituents is 1. The van der Waals surface area contributed by atoms with E-state index < -0.39 is 4.92 Å². The normalized spacial score (nSPS) is 11.4. The number of nitrogens with one attached hydrogen (secondary N) is 1. The van der Waals surface area contributed by atoms with Crippen molar-refractivity contribution in [2.45, 2.75) is 13.8 Å². The fraction of sp³-hybridized carbons (Fsp3) is 0.111. The van der Waals surface area contributed by atoms with Gasteiger partial charge in [0, 0.05) is 23.1 Å². The van der Waals surface area contributed by atoms with E-state index in [9.17, 15) is 10.1 Å². The van der Waals surface area contributed by atoms with Crippen molar-refractivity contribution < 1.29 is 4.92 Å².